The highest BCUT2D eigenvalue weighted by molar-refractivity contribution is 7.89. The maximum atomic E-state index is 12.6. The molecule has 0 radical (unpaired) electrons. The van der Waals surface area contributed by atoms with Crippen molar-refractivity contribution < 1.29 is 22.7 Å². The van der Waals surface area contributed by atoms with Gasteiger partial charge in [0.15, 0.2) is 0 Å². The fraction of sp³-hybridized carbons (Fsp3) is 0.500. The van der Waals surface area contributed by atoms with Gasteiger partial charge in [0.05, 0.1) is 12.0 Å². The van der Waals surface area contributed by atoms with Gasteiger partial charge in [0, 0.05) is 18.8 Å². The summed E-state index contributed by atoms with van der Waals surface area (Å²) in [5.74, 6) is -1.14. The van der Waals surface area contributed by atoms with Gasteiger partial charge in [-0.2, -0.15) is 4.31 Å². The lowest BCUT2D eigenvalue weighted by Crippen LogP contribution is -2.31. The summed E-state index contributed by atoms with van der Waals surface area (Å²) in [6.45, 7) is 1.08. The van der Waals surface area contributed by atoms with Crippen molar-refractivity contribution in [3.63, 3.8) is 0 Å². The van der Waals surface area contributed by atoms with Crippen molar-refractivity contribution in [1.82, 2.24) is 4.31 Å². The van der Waals surface area contributed by atoms with Gasteiger partial charge in [0.2, 0.25) is 15.9 Å². The average Bonchev–Trinajstić information content (AvgIpc) is 2.85. The Balaban J connectivity index is 2.05. The number of amides is 1. The number of esters is 1. The molecule has 1 saturated heterocycles. The minimum absolute atomic E-state index is 0.204. The Morgan fingerprint density at radius 1 is 1.08 bits per heavy atom. The van der Waals surface area contributed by atoms with Crippen LogP contribution in [0.2, 0.25) is 0 Å². The van der Waals surface area contributed by atoms with Gasteiger partial charge in [-0.15, -0.1) is 0 Å². The number of hydrogen-bond donors (Lipinski definition) is 1. The van der Waals surface area contributed by atoms with Crippen LogP contribution in [0.5, 0.6) is 0 Å². The van der Waals surface area contributed by atoms with E-state index >= 15 is 0 Å². The van der Waals surface area contributed by atoms with Crippen LogP contribution in [0.4, 0.5) is 5.69 Å². The van der Waals surface area contributed by atoms with E-state index in [0.717, 1.165) is 25.7 Å². The summed E-state index contributed by atoms with van der Waals surface area (Å²) in [5.41, 5.74) is 0.429. The Morgan fingerprint density at radius 3 is 2.21 bits per heavy atom. The third-order valence-electron chi connectivity index (χ3n) is 3.87. The van der Waals surface area contributed by atoms with Crippen molar-refractivity contribution in [3.05, 3.63) is 24.3 Å². The topological polar surface area (TPSA) is 92.8 Å². The van der Waals surface area contributed by atoms with Gasteiger partial charge in [0.25, 0.3) is 0 Å². The van der Waals surface area contributed by atoms with E-state index < -0.39 is 21.9 Å². The summed E-state index contributed by atoms with van der Waals surface area (Å²) in [6.07, 6.45) is 3.47. The van der Waals surface area contributed by atoms with Crippen LogP contribution in [-0.4, -0.2) is 44.8 Å². The van der Waals surface area contributed by atoms with E-state index in [1.54, 1.807) is 0 Å². The van der Waals surface area contributed by atoms with E-state index in [9.17, 15) is 18.0 Å². The van der Waals surface area contributed by atoms with E-state index in [1.807, 2.05) is 0 Å². The second kappa shape index (κ2) is 8.25. The predicted octanol–water partition coefficient (Wildman–Crippen LogP) is 1.75. The molecule has 1 amide bonds. The summed E-state index contributed by atoms with van der Waals surface area (Å²) in [6, 6.07) is 5.96. The highest BCUT2D eigenvalue weighted by Gasteiger charge is 2.25. The van der Waals surface area contributed by atoms with Crippen molar-refractivity contribution in [2.75, 3.05) is 25.5 Å². The molecule has 1 aromatic rings. The maximum Gasteiger partial charge on any atom is 0.315 e. The molecule has 0 bridgehead atoms. The first-order valence-corrected chi connectivity index (χ1v) is 9.34. The number of hydrogen-bond acceptors (Lipinski definition) is 5. The normalized spacial score (nSPS) is 16.2. The summed E-state index contributed by atoms with van der Waals surface area (Å²) in [4.78, 5) is 22.8. The molecule has 0 spiro atoms. The van der Waals surface area contributed by atoms with E-state index in [-0.39, 0.29) is 11.3 Å². The molecule has 1 heterocycles. The number of ether oxygens (including phenoxy) is 1. The van der Waals surface area contributed by atoms with Gasteiger partial charge in [-0.1, -0.05) is 12.8 Å². The Bertz CT molecular complexity index is 677. The van der Waals surface area contributed by atoms with Gasteiger partial charge < -0.3 is 10.1 Å². The van der Waals surface area contributed by atoms with Crippen molar-refractivity contribution in [1.29, 1.82) is 0 Å². The van der Waals surface area contributed by atoms with Gasteiger partial charge in [-0.05, 0) is 37.1 Å². The zero-order valence-corrected chi connectivity index (χ0v) is 14.5. The molecule has 1 aliphatic rings. The molecule has 0 aromatic heterocycles. The second-order valence-electron chi connectivity index (χ2n) is 5.64. The standard InChI is InChI=1S/C16H22N2O5S/c1-23-16(20)12-15(19)17-13-6-8-14(9-7-13)24(21,22)18-10-4-2-3-5-11-18/h6-9H,2-5,10-12H2,1H3,(H,17,19). The molecule has 132 valence electrons. The molecule has 0 atom stereocenters. The third-order valence-corrected chi connectivity index (χ3v) is 5.79. The highest BCUT2D eigenvalue weighted by Crippen LogP contribution is 2.21. The average molecular weight is 354 g/mol. The minimum atomic E-state index is -3.51. The Kier molecular flexibility index (Phi) is 6.33. The molecular formula is C16H22N2O5S. The first kappa shape index (κ1) is 18.4. The summed E-state index contributed by atoms with van der Waals surface area (Å²) < 4.78 is 31.2. The molecule has 2 rings (SSSR count). The van der Waals surface area contributed by atoms with Gasteiger partial charge in [-0.25, -0.2) is 8.42 Å². The van der Waals surface area contributed by atoms with E-state index in [1.165, 1.54) is 35.7 Å². The zero-order valence-electron chi connectivity index (χ0n) is 13.7. The van der Waals surface area contributed by atoms with Crippen LogP contribution in [0, 0.1) is 0 Å². The Hall–Kier alpha value is -1.93. The SMILES string of the molecule is COC(=O)CC(=O)Nc1ccc(S(=O)(=O)N2CCCCCC2)cc1. The fourth-order valence-electron chi connectivity index (χ4n) is 2.55. The van der Waals surface area contributed by atoms with E-state index in [4.69, 9.17) is 0 Å². The fourth-order valence-corrected chi connectivity index (χ4v) is 4.07. The Morgan fingerprint density at radius 2 is 1.67 bits per heavy atom. The molecule has 0 unspecified atom stereocenters. The number of benzene rings is 1. The number of nitrogens with zero attached hydrogens (tertiary/aromatic N) is 1. The third kappa shape index (κ3) is 4.78. The molecule has 1 fully saturated rings. The lowest BCUT2D eigenvalue weighted by molar-refractivity contribution is -0.142. The highest BCUT2D eigenvalue weighted by atomic mass is 32.2. The van der Waals surface area contributed by atoms with Gasteiger partial charge in [-0.3, -0.25) is 9.59 Å². The maximum absolute atomic E-state index is 12.6. The zero-order chi connectivity index (χ0) is 17.6. The first-order chi connectivity index (χ1) is 11.4. The molecule has 0 saturated carbocycles. The van der Waals surface area contributed by atoms with Crippen LogP contribution in [0.3, 0.4) is 0 Å². The van der Waals surface area contributed by atoms with Gasteiger partial charge in [0.1, 0.15) is 6.42 Å². The van der Waals surface area contributed by atoms with Crippen LogP contribution in [0.1, 0.15) is 32.1 Å². The quantitative estimate of drug-likeness (QED) is 0.642. The number of carbonyl (C=O) groups excluding carboxylic acids is 2. The van der Waals surface area contributed by atoms with Crippen LogP contribution in [0.25, 0.3) is 0 Å². The number of anilines is 1. The lowest BCUT2D eigenvalue weighted by atomic mass is 10.2. The van der Waals surface area contributed by atoms with Crippen LogP contribution in [-0.2, 0) is 24.3 Å². The molecule has 1 aromatic carbocycles. The van der Waals surface area contributed by atoms with Crippen LogP contribution < -0.4 is 5.32 Å². The van der Waals surface area contributed by atoms with Crippen molar-refractivity contribution in [2.45, 2.75) is 37.0 Å². The van der Waals surface area contributed by atoms with Crippen molar-refractivity contribution in [2.24, 2.45) is 0 Å². The number of nitrogens with one attached hydrogen (secondary N) is 1. The molecule has 24 heavy (non-hydrogen) atoms. The number of sulfonamides is 1. The molecule has 1 aliphatic heterocycles. The summed E-state index contributed by atoms with van der Waals surface area (Å²) in [5, 5.41) is 2.53. The molecule has 1 N–H and O–H groups in total. The van der Waals surface area contributed by atoms with Crippen LogP contribution in [0.15, 0.2) is 29.2 Å². The summed E-state index contributed by atoms with van der Waals surface area (Å²) >= 11 is 0. The largest absolute Gasteiger partial charge is 0.469 e. The smallest absolute Gasteiger partial charge is 0.315 e. The van der Waals surface area contributed by atoms with E-state index in [0.29, 0.717) is 18.8 Å². The first-order valence-electron chi connectivity index (χ1n) is 7.90. The predicted molar refractivity (Wildman–Crippen MR) is 88.9 cm³/mol. The Labute approximate surface area is 142 Å². The molecule has 0 aliphatic carbocycles. The molecule has 7 nitrogen and oxygen atoms in total. The van der Waals surface area contributed by atoms with Gasteiger partial charge >= 0.3 is 5.97 Å². The molecule has 8 heteroatoms. The van der Waals surface area contributed by atoms with Crippen LogP contribution >= 0.6 is 0 Å². The van der Waals surface area contributed by atoms with Crippen molar-refractivity contribution >= 4 is 27.6 Å². The molecular weight excluding hydrogens is 332 g/mol. The lowest BCUT2D eigenvalue weighted by Gasteiger charge is -2.20. The number of methoxy groups -OCH3 is 1. The van der Waals surface area contributed by atoms with Crippen molar-refractivity contribution in [3.8, 4) is 0 Å². The second-order valence-corrected chi connectivity index (χ2v) is 7.58. The monoisotopic (exact) mass is 354 g/mol. The number of rotatable bonds is 5. The summed E-state index contributed by atoms with van der Waals surface area (Å²) in [7, 11) is -2.30. The number of carbonyl (C=O) groups is 2. The van der Waals surface area contributed by atoms with E-state index in [2.05, 4.69) is 10.1 Å². The minimum Gasteiger partial charge on any atom is -0.469 e.